The zero-order chi connectivity index (χ0) is 22.9. The molecule has 1 N–H and O–H groups in total. The number of aliphatic carboxylic acids is 1. The van der Waals surface area contributed by atoms with Crippen LogP contribution in [0.2, 0.25) is 5.02 Å². The Balaban J connectivity index is 1.28. The van der Waals surface area contributed by atoms with Crippen molar-refractivity contribution in [1.29, 1.82) is 0 Å². The quantitative estimate of drug-likeness (QED) is 0.510. The average Bonchev–Trinajstić information content (AvgIpc) is 2.80. The molecule has 0 aromatic heterocycles. The lowest BCUT2D eigenvalue weighted by Gasteiger charge is -2.48. The highest BCUT2D eigenvalue weighted by Crippen LogP contribution is 2.38. The molecule has 5 heteroatoms. The average molecular weight is 470 g/mol. The first-order valence-electron chi connectivity index (χ1n) is 12.8. The number of ether oxygens (including phenoxy) is 1. The van der Waals surface area contributed by atoms with Crippen molar-refractivity contribution >= 4 is 28.3 Å². The largest absolute Gasteiger partial charge is 0.489 e. The van der Waals surface area contributed by atoms with E-state index in [9.17, 15) is 9.90 Å². The number of nitrogens with zero attached hydrogens (tertiary/aromatic N) is 1. The maximum atomic E-state index is 11.6. The third kappa shape index (κ3) is 5.02. The Morgan fingerprint density at radius 2 is 1.76 bits per heavy atom. The number of hydrogen-bond acceptors (Lipinski definition) is 3. The van der Waals surface area contributed by atoms with E-state index < -0.39 is 5.97 Å². The van der Waals surface area contributed by atoms with Gasteiger partial charge >= 0.3 is 5.97 Å². The highest BCUT2D eigenvalue weighted by Gasteiger charge is 2.40. The van der Waals surface area contributed by atoms with Crippen LogP contribution in [0.3, 0.4) is 0 Å². The topological polar surface area (TPSA) is 49.8 Å². The molecule has 1 saturated carbocycles. The summed E-state index contributed by atoms with van der Waals surface area (Å²) in [6.07, 6.45) is 11.0. The molecule has 2 heterocycles. The molecule has 0 spiro atoms. The van der Waals surface area contributed by atoms with Gasteiger partial charge in [0.2, 0.25) is 0 Å². The van der Waals surface area contributed by atoms with E-state index in [1.165, 1.54) is 24.8 Å². The monoisotopic (exact) mass is 469 g/mol. The van der Waals surface area contributed by atoms with Crippen molar-refractivity contribution in [1.82, 2.24) is 4.90 Å². The molecule has 2 aromatic rings. The van der Waals surface area contributed by atoms with Crippen LogP contribution in [-0.4, -0.2) is 40.7 Å². The van der Waals surface area contributed by atoms with Crippen molar-refractivity contribution < 1.29 is 14.6 Å². The van der Waals surface area contributed by atoms with E-state index in [-0.39, 0.29) is 12.0 Å². The van der Waals surface area contributed by atoms with Gasteiger partial charge in [-0.25, -0.2) is 0 Å². The van der Waals surface area contributed by atoms with E-state index in [2.05, 4.69) is 36.1 Å². The molecule has 1 aliphatic carbocycles. The first kappa shape index (κ1) is 23.0. The number of carbonyl (C=O) groups is 1. The van der Waals surface area contributed by atoms with Gasteiger partial charge in [0.05, 0.1) is 17.0 Å². The van der Waals surface area contributed by atoms with E-state index in [0.717, 1.165) is 79.0 Å². The van der Waals surface area contributed by atoms with Crippen LogP contribution in [0.5, 0.6) is 5.75 Å². The molecular weight excluding hydrogens is 434 g/mol. The molecule has 2 saturated heterocycles. The number of benzene rings is 2. The van der Waals surface area contributed by atoms with Crippen LogP contribution in [0, 0.1) is 11.8 Å². The lowest BCUT2D eigenvalue weighted by Crippen LogP contribution is -2.53. The maximum Gasteiger partial charge on any atom is 0.306 e. The molecule has 0 amide bonds. The molecule has 5 rings (SSSR count). The molecule has 4 nitrogen and oxygen atoms in total. The minimum Gasteiger partial charge on any atom is -0.489 e. The van der Waals surface area contributed by atoms with Crippen molar-refractivity contribution in [3.8, 4) is 5.75 Å². The number of carboxylic acids is 1. The molecule has 178 valence electrons. The van der Waals surface area contributed by atoms with Gasteiger partial charge in [0.25, 0.3) is 0 Å². The summed E-state index contributed by atoms with van der Waals surface area (Å²) in [6, 6.07) is 11.6. The standard InChI is InChI=1S/C28H36ClNO3/c1-18-5-10-24(11-6-18)33-26-12-9-20-8-7-19(15-25(20)27(26)29)13-14-30-22-3-2-4-23(30)17-21(16-22)28(31)32/h7-9,12,15,18,21-24H,2-6,10-11,13-14,16-17H2,1H3,(H,31,32). The zero-order valence-corrected chi connectivity index (χ0v) is 20.4. The lowest BCUT2D eigenvalue weighted by atomic mass is 9.78. The number of carboxylic acid groups (broad SMARTS) is 1. The molecule has 2 aliphatic heterocycles. The fourth-order valence-electron chi connectivity index (χ4n) is 6.39. The SMILES string of the molecule is CC1CCC(Oc2ccc3ccc(CCN4C5CCCC4CC(C(=O)O)C5)cc3c2Cl)CC1. The van der Waals surface area contributed by atoms with Gasteiger partial charge in [0.15, 0.2) is 0 Å². The predicted molar refractivity (Wildman–Crippen MR) is 133 cm³/mol. The predicted octanol–water partition coefficient (Wildman–Crippen LogP) is 6.71. The van der Waals surface area contributed by atoms with E-state index >= 15 is 0 Å². The van der Waals surface area contributed by atoms with Crippen LogP contribution in [0.15, 0.2) is 30.3 Å². The first-order valence-corrected chi connectivity index (χ1v) is 13.2. The summed E-state index contributed by atoms with van der Waals surface area (Å²) < 4.78 is 6.33. The van der Waals surface area contributed by atoms with Gasteiger partial charge in [-0.05, 0) is 86.8 Å². The number of halogens is 1. The fourth-order valence-corrected chi connectivity index (χ4v) is 6.66. The van der Waals surface area contributed by atoms with Crippen LogP contribution >= 0.6 is 11.6 Å². The van der Waals surface area contributed by atoms with E-state index in [0.29, 0.717) is 12.1 Å². The summed E-state index contributed by atoms with van der Waals surface area (Å²) in [5, 5.41) is 12.5. The summed E-state index contributed by atoms with van der Waals surface area (Å²) in [7, 11) is 0. The maximum absolute atomic E-state index is 11.6. The molecule has 3 fully saturated rings. The van der Waals surface area contributed by atoms with Crippen molar-refractivity contribution in [3.05, 3.63) is 40.9 Å². The van der Waals surface area contributed by atoms with Crippen molar-refractivity contribution in [2.45, 2.75) is 89.3 Å². The van der Waals surface area contributed by atoms with Gasteiger partial charge in [-0.2, -0.15) is 0 Å². The van der Waals surface area contributed by atoms with Crippen LogP contribution in [0.25, 0.3) is 10.8 Å². The van der Waals surface area contributed by atoms with Gasteiger partial charge in [-0.15, -0.1) is 0 Å². The highest BCUT2D eigenvalue weighted by atomic mass is 35.5. The van der Waals surface area contributed by atoms with Gasteiger partial charge in [0, 0.05) is 24.0 Å². The van der Waals surface area contributed by atoms with Gasteiger partial charge in [-0.1, -0.05) is 43.1 Å². The van der Waals surface area contributed by atoms with Crippen molar-refractivity contribution in [2.24, 2.45) is 11.8 Å². The molecule has 33 heavy (non-hydrogen) atoms. The zero-order valence-electron chi connectivity index (χ0n) is 19.6. The van der Waals surface area contributed by atoms with Gasteiger partial charge < -0.3 is 9.84 Å². The van der Waals surface area contributed by atoms with Crippen molar-refractivity contribution in [2.75, 3.05) is 6.54 Å². The number of piperidine rings is 2. The Bertz CT molecular complexity index is 986. The second-order valence-corrected chi connectivity index (χ2v) is 11.0. The second kappa shape index (κ2) is 9.84. The summed E-state index contributed by atoms with van der Waals surface area (Å²) in [6.45, 7) is 3.31. The van der Waals surface area contributed by atoms with Gasteiger partial charge in [-0.3, -0.25) is 9.69 Å². The minimum absolute atomic E-state index is 0.165. The van der Waals surface area contributed by atoms with Crippen LogP contribution in [-0.2, 0) is 11.2 Å². The summed E-state index contributed by atoms with van der Waals surface area (Å²) in [5.74, 6) is 0.832. The highest BCUT2D eigenvalue weighted by molar-refractivity contribution is 6.37. The minimum atomic E-state index is -0.614. The van der Waals surface area contributed by atoms with E-state index in [1.54, 1.807) is 0 Å². The molecule has 2 bridgehead atoms. The molecule has 0 radical (unpaired) electrons. The Kier molecular flexibility index (Phi) is 6.85. The van der Waals surface area contributed by atoms with Crippen LogP contribution in [0.1, 0.15) is 70.3 Å². The third-order valence-electron chi connectivity index (χ3n) is 8.38. The Labute approximate surface area is 202 Å². The molecule has 2 atom stereocenters. The Morgan fingerprint density at radius 3 is 2.45 bits per heavy atom. The van der Waals surface area contributed by atoms with E-state index in [4.69, 9.17) is 16.3 Å². The molecule has 2 aromatic carbocycles. The normalized spacial score (nSPS) is 30.3. The second-order valence-electron chi connectivity index (χ2n) is 10.7. The van der Waals surface area contributed by atoms with Crippen LogP contribution in [0.4, 0.5) is 0 Å². The third-order valence-corrected chi connectivity index (χ3v) is 8.76. The Morgan fingerprint density at radius 1 is 1.06 bits per heavy atom. The van der Waals surface area contributed by atoms with Crippen LogP contribution < -0.4 is 4.74 Å². The number of fused-ring (bicyclic) bond motifs is 3. The number of hydrogen-bond donors (Lipinski definition) is 1. The summed E-state index contributed by atoms with van der Waals surface area (Å²) >= 11 is 6.84. The summed E-state index contributed by atoms with van der Waals surface area (Å²) in [4.78, 5) is 14.1. The van der Waals surface area contributed by atoms with E-state index in [1.807, 2.05) is 6.07 Å². The molecule has 3 aliphatic rings. The smallest absolute Gasteiger partial charge is 0.306 e. The summed E-state index contributed by atoms with van der Waals surface area (Å²) in [5.41, 5.74) is 1.28. The Hall–Kier alpha value is -1.78. The van der Waals surface area contributed by atoms with Crippen molar-refractivity contribution in [3.63, 3.8) is 0 Å². The molecule has 2 unspecified atom stereocenters. The van der Waals surface area contributed by atoms with Gasteiger partial charge in [0.1, 0.15) is 5.75 Å². The molecular formula is C28H36ClNO3. The number of rotatable bonds is 6. The lowest BCUT2D eigenvalue weighted by molar-refractivity contribution is -0.146. The fraction of sp³-hybridized carbons (Fsp3) is 0.607. The first-order chi connectivity index (χ1) is 16.0.